The first-order valence-corrected chi connectivity index (χ1v) is 4.51. The Morgan fingerprint density at radius 1 is 1.56 bits per heavy atom. The molecule has 82 valence electrons. The number of nitrogens with zero attached hydrogens (tertiary/aromatic N) is 3. The number of nitrogens with one attached hydrogen (secondary N) is 1. The maximum absolute atomic E-state index is 10.9. The molecule has 0 saturated carbocycles. The van der Waals surface area contributed by atoms with Crippen molar-refractivity contribution in [3.05, 3.63) is 28.4 Å². The predicted molar refractivity (Wildman–Crippen MR) is 60.2 cm³/mol. The Morgan fingerprint density at radius 2 is 2.31 bits per heavy atom. The molecule has 0 unspecified atom stereocenters. The van der Waals surface area contributed by atoms with Crippen molar-refractivity contribution in [1.29, 1.82) is 0 Å². The van der Waals surface area contributed by atoms with Crippen LogP contribution in [0.2, 0.25) is 0 Å². The molecular weight excluding hydrogens is 210 g/mol. The van der Waals surface area contributed by atoms with Gasteiger partial charge in [-0.05, 0) is 12.1 Å². The summed E-state index contributed by atoms with van der Waals surface area (Å²) in [5.41, 5.74) is 6.03. The molecule has 7 heteroatoms. The van der Waals surface area contributed by atoms with Gasteiger partial charge in [-0.25, -0.2) is 9.97 Å². The summed E-state index contributed by atoms with van der Waals surface area (Å²) in [6.07, 6.45) is 1.56. The molecule has 0 aliphatic heterocycles. The maximum Gasteiger partial charge on any atom is 0.334 e. The van der Waals surface area contributed by atoms with E-state index in [2.05, 4.69) is 15.3 Å². The number of nitro groups is 1. The summed E-state index contributed by atoms with van der Waals surface area (Å²) in [4.78, 5) is 18.2. The third-order valence-electron chi connectivity index (χ3n) is 2.19. The second-order valence-electron chi connectivity index (χ2n) is 3.10. The normalized spacial score (nSPS) is 10.3. The summed E-state index contributed by atoms with van der Waals surface area (Å²) in [7, 11) is 1.59. The Balaban J connectivity index is 2.90. The van der Waals surface area contributed by atoms with Gasteiger partial charge in [-0.1, -0.05) is 0 Å². The van der Waals surface area contributed by atoms with Gasteiger partial charge in [0.1, 0.15) is 5.69 Å². The lowest BCUT2D eigenvalue weighted by atomic mass is 10.2. The third-order valence-corrected chi connectivity index (χ3v) is 2.19. The summed E-state index contributed by atoms with van der Waals surface area (Å²) < 4.78 is 0. The van der Waals surface area contributed by atoms with Crippen molar-refractivity contribution in [2.75, 3.05) is 18.1 Å². The topological polar surface area (TPSA) is 107 Å². The van der Waals surface area contributed by atoms with E-state index in [1.54, 1.807) is 25.4 Å². The zero-order chi connectivity index (χ0) is 11.7. The Morgan fingerprint density at radius 3 is 2.94 bits per heavy atom. The summed E-state index contributed by atoms with van der Waals surface area (Å²) in [6.45, 7) is 0. The van der Waals surface area contributed by atoms with E-state index in [9.17, 15) is 10.1 Å². The zero-order valence-electron chi connectivity index (χ0n) is 8.47. The van der Waals surface area contributed by atoms with E-state index in [4.69, 9.17) is 5.73 Å². The fraction of sp³-hybridized carbons (Fsp3) is 0.111. The number of anilines is 2. The van der Waals surface area contributed by atoms with Gasteiger partial charge in [-0.15, -0.1) is 0 Å². The lowest BCUT2D eigenvalue weighted by Crippen LogP contribution is -2.04. The number of nitrogen functional groups attached to an aromatic ring is 1. The Kier molecular flexibility index (Phi) is 2.28. The van der Waals surface area contributed by atoms with Crippen molar-refractivity contribution < 1.29 is 4.92 Å². The Labute approximate surface area is 90.5 Å². The highest BCUT2D eigenvalue weighted by Gasteiger charge is 2.22. The molecule has 2 aromatic heterocycles. The van der Waals surface area contributed by atoms with E-state index in [0.717, 1.165) is 0 Å². The SMILES string of the molecule is CNc1c([N+](=O)[O-])c(N)nc2ncccc12. The number of aromatic nitrogens is 2. The van der Waals surface area contributed by atoms with Crippen LogP contribution in [0.1, 0.15) is 0 Å². The van der Waals surface area contributed by atoms with E-state index in [-0.39, 0.29) is 11.5 Å². The molecule has 0 aliphatic rings. The van der Waals surface area contributed by atoms with Crippen LogP contribution >= 0.6 is 0 Å². The quantitative estimate of drug-likeness (QED) is 0.579. The monoisotopic (exact) mass is 219 g/mol. The van der Waals surface area contributed by atoms with Crippen LogP contribution in [-0.2, 0) is 0 Å². The lowest BCUT2D eigenvalue weighted by molar-refractivity contribution is -0.383. The summed E-state index contributed by atoms with van der Waals surface area (Å²) in [6, 6.07) is 3.39. The molecule has 3 N–H and O–H groups in total. The second kappa shape index (κ2) is 3.61. The van der Waals surface area contributed by atoms with Gasteiger partial charge in [0, 0.05) is 18.6 Å². The molecule has 0 amide bonds. The average Bonchev–Trinajstić information content (AvgIpc) is 2.26. The highest BCUT2D eigenvalue weighted by molar-refractivity contribution is 5.97. The molecule has 2 rings (SSSR count). The Hall–Kier alpha value is -2.44. The number of hydrogen-bond acceptors (Lipinski definition) is 6. The number of nitrogens with two attached hydrogens (primary N) is 1. The lowest BCUT2D eigenvalue weighted by Gasteiger charge is -2.07. The fourth-order valence-electron chi connectivity index (χ4n) is 1.54. The van der Waals surface area contributed by atoms with Gasteiger partial charge < -0.3 is 11.1 Å². The molecule has 0 saturated heterocycles. The van der Waals surface area contributed by atoms with E-state index < -0.39 is 4.92 Å². The second-order valence-corrected chi connectivity index (χ2v) is 3.10. The largest absolute Gasteiger partial charge is 0.382 e. The highest BCUT2D eigenvalue weighted by Crippen LogP contribution is 2.34. The predicted octanol–water partition coefficient (Wildman–Crippen LogP) is 1.16. The van der Waals surface area contributed by atoms with Crippen LogP contribution in [0, 0.1) is 10.1 Å². The van der Waals surface area contributed by atoms with Crippen LogP contribution in [0.3, 0.4) is 0 Å². The van der Waals surface area contributed by atoms with Crippen molar-refractivity contribution in [3.8, 4) is 0 Å². The number of pyridine rings is 2. The van der Waals surface area contributed by atoms with Crippen LogP contribution in [0.15, 0.2) is 18.3 Å². The zero-order valence-corrected chi connectivity index (χ0v) is 8.47. The van der Waals surface area contributed by atoms with Crippen molar-refractivity contribution >= 4 is 28.2 Å². The molecule has 0 spiro atoms. The molecular formula is C9H9N5O2. The smallest absolute Gasteiger partial charge is 0.334 e. The highest BCUT2D eigenvalue weighted by atomic mass is 16.6. The molecule has 0 fully saturated rings. The number of hydrogen-bond donors (Lipinski definition) is 2. The standard InChI is InChI=1S/C9H9N5O2/c1-11-6-5-3-2-4-12-9(5)13-8(10)7(6)14(15)16/h2-4H,1H3,(H3,10,11,12,13). The first kappa shape index (κ1) is 10.1. The van der Waals surface area contributed by atoms with Crippen LogP contribution in [0.25, 0.3) is 11.0 Å². The van der Waals surface area contributed by atoms with Gasteiger partial charge in [-0.3, -0.25) is 10.1 Å². The van der Waals surface area contributed by atoms with Gasteiger partial charge in [0.25, 0.3) is 0 Å². The minimum Gasteiger partial charge on any atom is -0.382 e. The van der Waals surface area contributed by atoms with E-state index in [1.165, 1.54) is 0 Å². The number of fused-ring (bicyclic) bond motifs is 1. The summed E-state index contributed by atoms with van der Waals surface area (Å²) in [5.74, 6) is -0.138. The van der Waals surface area contributed by atoms with Crippen LogP contribution in [-0.4, -0.2) is 21.9 Å². The van der Waals surface area contributed by atoms with Gasteiger partial charge >= 0.3 is 5.69 Å². The van der Waals surface area contributed by atoms with Crippen LogP contribution in [0.4, 0.5) is 17.2 Å². The van der Waals surface area contributed by atoms with Gasteiger partial charge in [0.05, 0.1) is 4.92 Å². The van der Waals surface area contributed by atoms with Crippen molar-refractivity contribution in [2.24, 2.45) is 0 Å². The molecule has 0 bridgehead atoms. The molecule has 7 nitrogen and oxygen atoms in total. The fourth-order valence-corrected chi connectivity index (χ4v) is 1.54. The van der Waals surface area contributed by atoms with Gasteiger partial charge in [0.15, 0.2) is 5.65 Å². The summed E-state index contributed by atoms with van der Waals surface area (Å²) >= 11 is 0. The average molecular weight is 219 g/mol. The van der Waals surface area contributed by atoms with Crippen LogP contribution < -0.4 is 11.1 Å². The minimum atomic E-state index is -0.555. The summed E-state index contributed by atoms with van der Waals surface area (Å²) in [5, 5.41) is 14.2. The molecule has 0 atom stereocenters. The van der Waals surface area contributed by atoms with Crippen molar-refractivity contribution in [3.63, 3.8) is 0 Å². The molecule has 2 aromatic rings. The maximum atomic E-state index is 10.9. The minimum absolute atomic E-state index is 0.138. The van der Waals surface area contributed by atoms with Gasteiger partial charge in [-0.2, -0.15) is 0 Å². The van der Waals surface area contributed by atoms with Crippen LogP contribution in [0.5, 0.6) is 0 Å². The first-order valence-electron chi connectivity index (χ1n) is 4.51. The van der Waals surface area contributed by atoms with Gasteiger partial charge in [0.2, 0.25) is 5.82 Å². The Bertz CT molecular complexity index is 569. The molecule has 0 aromatic carbocycles. The van der Waals surface area contributed by atoms with E-state index >= 15 is 0 Å². The van der Waals surface area contributed by atoms with E-state index in [1.807, 2.05) is 0 Å². The number of rotatable bonds is 2. The van der Waals surface area contributed by atoms with E-state index in [0.29, 0.717) is 16.7 Å². The molecule has 2 heterocycles. The van der Waals surface area contributed by atoms with Crippen molar-refractivity contribution in [1.82, 2.24) is 9.97 Å². The van der Waals surface area contributed by atoms with Crippen molar-refractivity contribution in [2.45, 2.75) is 0 Å². The third kappa shape index (κ3) is 1.38. The first-order chi connectivity index (χ1) is 7.65. The molecule has 0 radical (unpaired) electrons. The molecule has 0 aliphatic carbocycles. The molecule has 16 heavy (non-hydrogen) atoms.